The molecule has 5 heteroatoms. The molecule has 1 N–H and O–H groups in total. The van der Waals surface area contributed by atoms with Crippen molar-refractivity contribution in [3.8, 4) is 0 Å². The van der Waals surface area contributed by atoms with Gasteiger partial charge in [-0.1, -0.05) is 11.6 Å². The highest BCUT2D eigenvalue weighted by Gasteiger charge is 2.07. The van der Waals surface area contributed by atoms with Gasteiger partial charge in [0.2, 0.25) is 0 Å². The number of carbonyl (C=O) groups is 1. The second kappa shape index (κ2) is 7.44. The van der Waals surface area contributed by atoms with Crippen LogP contribution in [0.3, 0.4) is 0 Å². The van der Waals surface area contributed by atoms with Crippen molar-refractivity contribution in [2.45, 2.75) is 25.1 Å². The van der Waals surface area contributed by atoms with Gasteiger partial charge in [0, 0.05) is 21.1 Å². The number of carbonyl (C=O) groups excluding carboxylic acids is 1. The average molecular weight is 386 g/mol. The second-order valence-corrected chi connectivity index (χ2v) is 6.12. The Morgan fingerprint density at radius 1 is 1.53 bits per heavy atom. The number of amides is 1. The van der Waals surface area contributed by atoms with E-state index in [0.29, 0.717) is 17.1 Å². The summed E-state index contributed by atoms with van der Waals surface area (Å²) in [6.45, 7) is 2.59. The molecule has 0 saturated carbocycles. The Bertz CT molecular complexity index is 396. The molecule has 1 aromatic rings. The van der Waals surface area contributed by atoms with Gasteiger partial charge in [0.15, 0.2) is 0 Å². The van der Waals surface area contributed by atoms with Gasteiger partial charge in [-0.05, 0) is 60.6 Å². The first kappa shape index (κ1) is 15.1. The van der Waals surface area contributed by atoms with E-state index in [0.717, 1.165) is 16.4 Å². The standard InChI is InChI=1S/C12H14Cl2INO/c1-8(13)3-2-6-16-12(17)9-4-5-11(15)10(14)7-9/h4-5,7-8H,2-3,6H2,1H3,(H,16,17). The smallest absolute Gasteiger partial charge is 0.251 e. The molecule has 0 aliphatic rings. The van der Waals surface area contributed by atoms with Crippen LogP contribution in [0.2, 0.25) is 5.02 Å². The van der Waals surface area contributed by atoms with Crippen molar-refractivity contribution in [1.82, 2.24) is 5.32 Å². The van der Waals surface area contributed by atoms with Gasteiger partial charge in [-0.3, -0.25) is 4.79 Å². The lowest BCUT2D eigenvalue weighted by Crippen LogP contribution is -2.24. The van der Waals surface area contributed by atoms with E-state index >= 15 is 0 Å². The average Bonchev–Trinajstić information content (AvgIpc) is 2.27. The van der Waals surface area contributed by atoms with Gasteiger partial charge >= 0.3 is 0 Å². The molecule has 1 rings (SSSR count). The summed E-state index contributed by atoms with van der Waals surface area (Å²) in [6, 6.07) is 5.29. The lowest BCUT2D eigenvalue weighted by Gasteiger charge is -2.07. The van der Waals surface area contributed by atoms with Crippen LogP contribution >= 0.6 is 45.8 Å². The Morgan fingerprint density at radius 3 is 2.82 bits per heavy atom. The molecule has 0 aliphatic heterocycles. The Morgan fingerprint density at radius 2 is 2.24 bits per heavy atom. The minimum atomic E-state index is -0.0921. The first-order valence-electron chi connectivity index (χ1n) is 5.38. The van der Waals surface area contributed by atoms with Crippen LogP contribution in [0.25, 0.3) is 0 Å². The third kappa shape index (κ3) is 5.44. The molecule has 1 atom stereocenters. The predicted octanol–water partition coefficient (Wildman–Crippen LogP) is 4.08. The predicted molar refractivity (Wildman–Crippen MR) is 81.1 cm³/mol. The fraction of sp³-hybridized carbons (Fsp3) is 0.417. The zero-order valence-electron chi connectivity index (χ0n) is 9.47. The fourth-order valence-corrected chi connectivity index (χ4v) is 2.00. The van der Waals surface area contributed by atoms with E-state index in [2.05, 4.69) is 27.9 Å². The molecule has 1 amide bonds. The van der Waals surface area contributed by atoms with Crippen LogP contribution in [-0.2, 0) is 0 Å². The quantitative estimate of drug-likeness (QED) is 0.461. The summed E-state index contributed by atoms with van der Waals surface area (Å²) in [5.41, 5.74) is 0.592. The molecule has 1 unspecified atom stereocenters. The third-order valence-corrected chi connectivity index (χ3v) is 4.04. The van der Waals surface area contributed by atoms with Gasteiger partial charge in [-0.25, -0.2) is 0 Å². The summed E-state index contributed by atoms with van der Waals surface area (Å²) in [4.78, 5) is 11.7. The van der Waals surface area contributed by atoms with E-state index in [9.17, 15) is 4.79 Å². The summed E-state index contributed by atoms with van der Waals surface area (Å²) in [5, 5.41) is 3.60. The van der Waals surface area contributed by atoms with E-state index in [-0.39, 0.29) is 11.3 Å². The maximum absolute atomic E-state index is 11.7. The Kier molecular flexibility index (Phi) is 6.59. The highest BCUT2D eigenvalue weighted by atomic mass is 127. The molecule has 0 saturated heterocycles. The van der Waals surface area contributed by atoms with Crippen LogP contribution < -0.4 is 5.32 Å². The van der Waals surface area contributed by atoms with Gasteiger partial charge in [0.25, 0.3) is 5.91 Å². The lowest BCUT2D eigenvalue weighted by atomic mass is 10.2. The van der Waals surface area contributed by atoms with E-state index in [1.54, 1.807) is 12.1 Å². The van der Waals surface area contributed by atoms with Crippen molar-refractivity contribution in [3.05, 3.63) is 32.4 Å². The molecule has 0 spiro atoms. The summed E-state index contributed by atoms with van der Waals surface area (Å²) in [7, 11) is 0. The zero-order valence-corrected chi connectivity index (χ0v) is 13.1. The molecule has 0 aliphatic carbocycles. The molecule has 2 nitrogen and oxygen atoms in total. The number of hydrogen-bond acceptors (Lipinski definition) is 1. The monoisotopic (exact) mass is 385 g/mol. The van der Waals surface area contributed by atoms with Crippen LogP contribution in [-0.4, -0.2) is 17.8 Å². The van der Waals surface area contributed by atoms with Crippen LogP contribution in [0.15, 0.2) is 18.2 Å². The summed E-state index contributed by atoms with van der Waals surface area (Å²) in [6.07, 6.45) is 1.78. The summed E-state index contributed by atoms with van der Waals surface area (Å²) in [5.74, 6) is -0.0921. The number of alkyl halides is 1. The maximum Gasteiger partial charge on any atom is 0.251 e. The summed E-state index contributed by atoms with van der Waals surface area (Å²) >= 11 is 13.9. The number of rotatable bonds is 5. The largest absolute Gasteiger partial charge is 0.352 e. The van der Waals surface area contributed by atoms with Gasteiger partial charge in [-0.2, -0.15) is 0 Å². The fourth-order valence-electron chi connectivity index (χ4n) is 1.32. The molecular formula is C12H14Cl2INO. The molecule has 0 heterocycles. The molecule has 94 valence electrons. The first-order chi connectivity index (χ1) is 8.00. The Hall–Kier alpha value is -0.0000000000000000555. The van der Waals surface area contributed by atoms with Crippen molar-refractivity contribution in [2.75, 3.05) is 6.54 Å². The highest BCUT2D eigenvalue weighted by Crippen LogP contribution is 2.19. The molecule has 0 bridgehead atoms. The van der Waals surface area contributed by atoms with Crippen molar-refractivity contribution < 1.29 is 4.79 Å². The van der Waals surface area contributed by atoms with Crippen molar-refractivity contribution >= 4 is 51.7 Å². The van der Waals surface area contributed by atoms with Crippen molar-refractivity contribution in [3.63, 3.8) is 0 Å². The Balaban J connectivity index is 2.44. The van der Waals surface area contributed by atoms with Gasteiger partial charge < -0.3 is 5.32 Å². The number of benzene rings is 1. The molecule has 17 heavy (non-hydrogen) atoms. The SMILES string of the molecule is CC(Cl)CCCNC(=O)c1ccc(I)c(Cl)c1. The molecular weight excluding hydrogens is 372 g/mol. The minimum absolute atomic E-state index is 0.0921. The third-order valence-electron chi connectivity index (χ3n) is 2.25. The lowest BCUT2D eigenvalue weighted by molar-refractivity contribution is 0.0953. The van der Waals surface area contributed by atoms with Crippen molar-refractivity contribution in [1.29, 1.82) is 0 Å². The van der Waals surface area contributed by atoms with E-state index < -0.39 is 0 Å². The highest BCUT2D eigenvalue weighted by molar-refractivity contribution is 14.1. The number of hydrogen-bond donors (Lipinski definition) is 1. The zero-order chi connectivity index (χ0) is 12.8. The minimum Gasteiger partial charge on any atom is -0.352 e. The van der Waals surface area contributed by atoms with E-state index in [1.165, 1.54) is 0 Å². The summed E-state index contributed by atoms with van der Waals surface area (Å²) < 4.78 is 0.941. The van der Waals surface area contributed by atoms with Crippen LogP contribution in [0.1, 0.15) is 30.1 Å². The van der Waals surface area contributed by atoms with E-state index in [4.69, 9.17) is 23.2 Å². The van der Waals surface area contributed by atoms with Crippen LogP contribution in [0.4, 0.5) is 0 Å². The van der Waals surface area contributed by atoms with Gasteiger partial charge in [0.1, 0.15) is 0 Å². The number of nitrogens with one attached hydrogen (secondary N) is 1. The maximum atomic E-state index is 11.7. The normalized spacial score (nSPS) is 12.2. The van der Waals surface area contributed by atoms with Gasteiger partial charge in [0.05, 0.1) is 5.02 Å². The van der Waals surface area contributed by atoms with Crippen LogP contribution in [0, 0.1) is 3.57 Å². The van der Waals surface area contributed by atoms with Crippen molar-refractivity contribution in [2.24, 2.45) is 0 Å². The number of halogens is 3. The molecule has 0 radical (unpaired) electrons. The molecule has 0 aromatic heterocycles. The molecule has 0 fully saturated rings. The topological polar surface area (TPSA) is 29.1 Å². The van der Waals surface area contributed by atoms with E-state index in [1.807, 2.05) is 13.0 Å². The second-order valence-electron chi connectivity index (χ2n) is 3.81. The van der Waals surface area contributed by atoms with Crippen LogP contribution in [0.5, 0.6) is 0 Å². The van der Waals surface area contributed by atoms with Gasteiger partial charge in [-0.15, -0.1) is 11.6 Å². The molecule has 1 aromatic carbocycles. The Labute approximate surface area is 125 Å². The first-order valence-corrected chi connectivity index (χ1v) is 7.27.